The van der Waals surface area contributed by atoms with Crippen molar-refractivity contribution in [2.75, 3.05) is 12.3 Å². The van der Waals surface area contributed by atoms with E-state index < -0.39 is 0 Å². The predicted molar refractivity (Wildman–Crippen MR) is 79.9 cm³/mol. The quantitative estimate of drug-likeness (QED) is 0.822. The molecule has 0 bridgehead atoms. The normalized spacial score (nSPS) is 24.1. The maximum atomic E-state index is 13.0. The number of halogens is 1. The molecule has 2 aliphatic rings. The Balaban J connectivity index is 1.74. The molecule has 0 radical (unpaired) electrons. The number of carbonyl (C=O) groups is 1. The lowest BCUT2D eigenvalue weighted by atomic mass is 9.88. The van der Waals surface area contributed by atoms with E-state index in [1.807, 2.05) is 4.90 Å². The summed E-state index contributed by atoms with van der Waals surface area (Å²) in [5.41, 5.74) is 1.04. The molecule has 0 N–H and O–H groups in total. The van der Waals surface area contributed by atoms with Gasteiger partial charge in [0.05, 0.1) is 0 Å². The molecule has 108 valence electrons. The highest BCUT2D eigenvalue weighted by molar-refractivity contribution is 7.99. The Hall–Kier alpha value is -1.03. The van der Waals surface area contributed by atoms with E-state index in [0.717, 1.165) is 30.7 Å². The summed E-state index contributed by atoms with van der Waals surface area (Å²) in [6, 6.07) is 6.58. The van der Waals surface area contributed by atoms with Crippen LogP contribution < -0.4 is 0 Å². The molecule has 1 aromatic carbocycles. The first-order chi connectivity index (χ1) is 9.75. The number of thioether (sulfide) groups is 1. The van der Waals surface area contributed by atoms with Crippen molar-refractivity contribution in [3.8, 4) is 0 Å². The Morgan fingerprint density at radius 2 is 1.85 bits per heavy atom. The number of hydrogen-bond donors (Lipinski definition) is 0. The van der Waals surface area contributed by atoms with E-state index in [4.69, 9.17) is 0 Å². The fourth-order valence-electron chi connectivity index (χ4n) is 3.18. The van der Waals surface area contributed by atoms with Gasteiger partial charge in [0, 0.05) is 18.2 Å². The molecule has 1 amide bonds. The third-order valence-corrected chi connectivity index (χ3v) is 5.54. The SMILES string of the molecule is O=C(C1CCCCC1)N1CCS[C@@H]1c1ccc(F)cc1. The molecule has 0 aromatic heterocycles. The maximum Gasteiger partial charge on any atom is 0.226 e. The molecule has 0 unspecified atom stereocenters. The van der Waals surface area contributed by atoms with E-state index >= 15 is 0 Å². The molecular weight excluding hydrogens is 273 g/mol. The highest BCUT2D eigenvalue weighted by Gasteiger charge is 2.34. The Morgan fingerprint density at radius 3 is 2.55 bits per heavy atom. The Kier molecular flexibility index (Phi) is 4.29. The molecule has 1 aliphatic carbocycles. The van der Waals surface area contributed by atoms with Gasteiger partial charge in [-0.3, -0.25) is 4.79 Å². The second-order valence-corrected chi connectivity index (χ2v) is 6.83. The average molecular weight is 293 g/mol. The summed E-state index contributed by atoms with van der Waals surface area (Å²) in [7, 11) is 0. The van der Waals surface area contributed by atoms with E-state index in [1.165, 1.54) is 31.4 Å². The van der Waals surface area contributed by atoms with Crippen molar-refractivity contribution in [3.63, 3.8) is 0 Å². The minimum Gasteiger partial charge on any atom is -0.325 e. The van der Waals surface area contributed by atoms with Crippen LogP contribution >= 0.6 is 11.8 Å². The van der Waals surface area contributed by atoms with Crippen molar-refractivity contribution in [3.05, 3.63) is 35.6 Å². The summed E-state index contributed by atoms with van der Waals surface area (Å²) in [5, 5.41) is 0.0741. The van der Waals surface area contributed by atoms with Gasteiger partial charge in [0.25, 0.3) is 0 Å². The monoisotopic (exact) mass is 293 g/mol. The van der Waals surface area contributed by atoms with Crippen LogP contribution in [0, 0.1) is 11.7 Å². The summed E-state index contributed by atoms with van der Waals surface area (Å²) in [6.45, 7) is 0.821. The van der Waals surface area contributed by atoms with Crippen LogP contribution in [-0.2, 0) is 4.79 Å². The predicted octanol–water partition coefficient (Wildman–Crippen LogP) is 3.98. The third kappa shape index (κ3) is 2.85. The summed E-state index contributed by atoms with van der Waals surface area (Å²) >= 11 is 1.78. The van der Waals surface area contributed by atoms with E-state index in [-0.39, 0.29) is 17.1 Å². The molecule has 4 heteroatoms. The molecule has 1 aliphatic heterocycles. The largest absolute Gasteiger partial charge is 0.325 e. The summed E-state index contributed by atoms with van der Waals surface area (Å²) < 4.78 is 13.0. The molecule has 1 saturated heterocycles. The standard InChI is InChI=1S/C16H20FNOS/c17-14-8-6-13(7-9-14)16-18(10-11-20-16)15(19)12-4-2-1-3-5-12/h6-9,12,16H,1-5,10-11H2/t16-/m1/s1. The van der Waals surface area contributed by atoms with Crippen LogP contribution in [0.2, 0.25) is 0 Å². The van der Waals surface area contributed by atoms with Gasteiger partial charge in [-0.2, -0.15) is 0 Å². The average Bonchev–Trinajstić information content (AvgIpc) is 2.97. The number of nitrogens with zero attached hydrogens (tertiary/aromatic N) is 1. The lowest BCUT2D eigenvalue weighted by Crippen LogP contribution is -2.36. The van der Waals surface area contributed by atoms with Crippen LogP contribution in [0.15, 0.2) is 24.3 Å². The van der Waals surface area contributed by atoms with Gasteiger partial charge in [-0.15, -0.1) is 11.8 Å². The van der Waals surface area contributed by atoms with E-state index in [9.17, 15) is 9.18 Å². The zero-order valence-corrected chi connectivity index (χ0v) is 12.4. The minimum absolute atomic E-state index is 0.0741. The zero-order chi connectivity index (χ0) is 13.9. The van der Waals surface area contributed by atoms with Crippen molar-refractivity contribution in [1.29, 1.82) is 0 Å². The Morgan fingerprint density at radius 1 is 1.15 bits per heavy atom. The van der Waals surface area contributed by atoms with Crippen LogP contribution in [0.25, 0.3) is 0 Å². The van der Waals surface area contributed by atoms with Gasteiger partial charge in [-0.25, -0.2) is 4.39 Å². The molecule has 1 saturated carbocycles. The van der Waals surface area contributed by atoms with E-state index in [1.54, 1.807) is 23.9 Å². The van der Waals surface area contributed by atoms with Crippen molar-refractivity contribution >= 4 is 17.7 Å². The summed E-state index contributed by atoms with van der Waals surface area (Å²) in [6.07, 6.45) is 5.70. The second-order valence-electron chi connectivity index (χ2n) is 5.64. The molecule has 1 heterocycles. The van der Waals surface area contributed by atoms with Crippen LogP contribution in [-0.4, -0.2) is 23.1 Å². The molecule has 1 atom stereocenters. The molecule has 20 heavy (non-hydrogen) atoms. The van der Waals surface area contributed by atoms with Gasteiger partial charge in [-0.1, -0.05) is 31.4 Å². The van der Waals surface area contributed by atoms with E-state index in [2.05, 4.69) is 0 Å². The molecule has 3 rings (SSSR count). The van der Waals surface area contributed by atoms with Crippen molar-refractivity contribution in [2.45, 2.75) is 37.5 Å². The van der Waals surface area contributed by atoms with E-state index in [0.29, 0.717) is 5.91 Å². The smallest absolute Gasteiger partial charge is 0.226 e. The lowest BCUT2D eigenvalue weighted by molar-refractivity contribution is -0.136. The number of benzene rings is 1. The second kappa shape index (κ2) is 6.17. The van der Waals surface area contributed by atoms with Crippen LogP contribution in [0.3, 0.4) is 0 Å². The topological polar surface area (TPSA) is 20.3 Å². The summed E-state index contributed by atoms with van der Waals surface area (Å²) in [4.78, 5) is 14.7. The van der Waals surface area contributed by atoms with Crippen LogP contribution in [0.4, 0.5) is 4.39 Å². The van der Waals surface area contributed by atoms with Gasteiger partial charge >= 0.3 is 0 Å². The molecule has 2 fully saturated rings. The number of carbonyl (C=O) groups excluding carboxylic acids is 1. The molecular formula is C16H20FNOS. The highest BCUT2D eigenvalue weighted by Crippen LogP contribution is 2.40. The number of rotatable bonds is 2. The van der Waals surface area contributed by atoms with Gasteiger partial charge < -0.3 is 4.90 Å². The first-order valence-corrected chi connectivity index (χ1v) is 8.48. The van der Waals surface area contributed by atoms with Crippen molar-refractivity contribution in [1.82, 2.24) is 4.90 Å². The van der Waals surface area contributed by atoms with Gasteiger partial charge in [-0.05, 0) is 30.5 Å². The van der Waals surface area contributed by atoms with Gasteiger partial charge in [0.15, 0.2) is 0 Å². The first-order valence-electron chi connectivity index (χ1n) is 7.43. The fourth-order valence-corrected chi connectivity index (χ4v) is 4.45. The maximum absolute atomic E-state index is 13.0. The van der Waals surface area contributed by atoms with Crippen molar-refractivity contribution < 1.29 is 9.18 Å². The van der Waals surface area contributed by atoms with Gasteiger partial charge in [0.2, 0.25) is 5.91 Å². The fraction of sp³-hybridized carbons (Fsp3) is 0.562. The van der Waals surface area contributed by atoms with Crippen LogP contribution in [0.1, 0.15) is 43.0 Å². The minimum atomic E-state index is -0.220. The van der Waals surface area contributed by atoms with Gasteiger partial charge in [0.1, 0.15) is 11.2 Å². The third-order valence-electron chi connectivity index (χ3n) is 4.28. The van der Waals surface area contributed by atoms with Crippen molar-refractivity contribution in [2.24, 2.45) is 5.92 Å². The Bertz CT molecular complexity index is 470. The molecule has 1 aromatic rings. The number of hydrogen-bond acceptors (Lipinski definition) is 2. The zero-order valence-electron chi connectivity index (χ0n) is 11.6. The molecule has 0 spiro atoms. The van der Waals surface area contributed by atoms with Crippen LogP contribution in [0.5, 0.6) is 0 Å². The highest BCUT2D eigenvalue weighted by atomic mass is 32.2. The lowest BCUT2D eigenvalue weighted by Gasteiger charge is -2.30. The Labute approximate surface area is 123 Å². The molecule has 2 nitrogen and oxygen atoms in total. The number of amides is 1. The first kappa shape index (κ1) is 13.9. The summed E-state index contributed by atoms with van der Waals surface area (Å²) in [5.74, 6) is 1.27.